The highest BCUT2D eigenvalue weighted by Gasteiger charge is 2.19. The first kappa shape index (κ1) is 14.7. The Morgan fingerprint density at radius 3 is 2.55 bits per heavy atom. The molecule has 1 aliphatic heterocycles. The standard InChI is InChI=1S/C17H16N2O2S/c1-11(19(21)17(18)20)14-9-8-13-7-6-12-4-2-3-5-15(12)22-16(13)10-14/h2-11,21H,1H3,(H2,18,20). The minimum atomic E-state index is -0.861. The maximum Gasteiger partial charge on any atom is 0.339 e. The fraction of sp³-hybridized carbons (Fsp3) is 0.118. The number of hydroxylamine groups is 2. The first-order valence-electron chi connectivity index (χ1n) is 6.92. The molecule has 3 N–H and O–H groups in total. The van der Waals surface area contributed by atoms with Gasteiger partial charge in [-0.25, -0.2) is 4.79 Å². The molecule has 1 aliphatic rings. The fourth-order valence-corrected chi connectivity index (χ4v) is 3.46. The van der Waals surface area contributed by atoms with E-state index in [1.165, 1.54) is 10.5 Å². The quantitative estimate of drug-likeness (QED) is 0.552. The summed E-state index contributed by atoms with van der Waals surface area (Å²) in [6, 6.07) is 12.7. The van der Waals surface area contributed by atoms with E-state index in [2.05, 4.69) is 24.3 Å². The zero-order valence-electron chi connectivity index (χ0n) is 12.1. The minimum absolute atomic E-state index is 0.495. The molecule has 2 aromatic rings. The summed E-state index contributed by atoms with van der Waals surface area (Å²) >= 11 is 1.68. The highest BCUT2D eigenvalue weighted by atomic mass is 32.2. The lowest BCUT2D eigenvalue weighted by Crippen LogP contribution is -2.34. The van der Waals surface area contributed by atoms with Crippen molar-refractivity contribution in [3.05, 3.63) is 59.2 Å². The summed E-state index contributed by atoms with van der Waals surface area (Å²) in [7, 11) is 0. The van der Waals surface area contributed by atoms with Gasteiger partial charge in [-0.05, 0) is 35.7 Å². The molecule has 4 nitrogen and oxygen atoms in total. The van der Waals surface area contributed by atoms with Crippen molar-refractivity contribution in [3.8, 4) is 0 Å². The number of fused-ring (bicyclic) bond motifs is 2. The van der Waals surface area contributed by atoms with Gasteiger partial charge in [0, 0.05) is 9.79 Å². The van der Waals surface area contributed by atoms with E-state index in [0.717, 1.165) is 16.0 Å². The molecular weight excluding hydrogens is 296 g/mol. The van der Waals surface area contributed by atoms with Gasteiger partial charge in [-0.3, -0.25) is 5.21 Å². The van der Waals surface area contributed by atoms with Crippen molar-refractivity contribution in [2.45, 2.75) is 22.8 Å². The summed E-state index contributed by atoms with van der Waals surface area (Å²) in [5, 5.41) is 10.3. The van der Waals surface area contributed by atoms with Gasteiger partial charge in [0.25, 0.3) is 0 Å². The Balaban J connectivity index is 1.98. The van der Waals surface area contributed by atoms with Gasteiger partial charge >= 0.3 is 6.03 Å². The topological polar surface area (TPSA) is 66.6 Å². The maximum absolute atomic E-state index is 11.1. The van der Waals surface area contributed by atoms with E-state index in [1.807, 2.05) is 30.3 Å². The normalized spacial score (nSPS) is 13.7. The van der Waals surface area contributed by atoms with Crippen molar-refractivity contribution >= 4 is 29.9 Å². The van der Waals surface area contributed by atoms with E-state index >= 15 is 0 Å². The van der Waals surface area contributed by atoms with Crippen LogP contribution in [0.25, 0.3) is 12.2 Å². The molecule has 112 valence electrons. The van der Waals surface area contributed by atoms with Gasteiger partial charge < -0.3 is 5.73 Å². The van der Waals surface area contributed by atoms with Crippen molar-refractivity contribution in [2.24, 2.45) is 5.73 Å². The smallest absolute Gasteiger partial charge is 0.339 e. The van der Waals surface area contributed by atoms with Crippen LogP contribution in [-0.4, -0.2) is 16.3 Å². The third-order valence-corrected chi connectivity index (χ3v) is 4.86. The molecule has 5 heteroatoms. The van der Waals surface area contributed by atoms with Gasteiger partial charge in [-0.15, -0.1) is 0 Å². The molecule has 0 aromatic heterocycles. The number of benzene rings is 2. The first-order valence-corrected chi connectivity index (χ1v) is 7.74. The molecule has 22 heavy (non-hydrogen) atoms. The molecular formula is C17H16N2O2S. The van der Waals surface area contributed by atoms with E-state index in [4.69, 9.17) is 5.73 Å². The molecule has 3 rings (SSSR count). The molecule has 0 saturated carbocycles. The summed E-state index contributed by atoms with van der Waals surface area (Å²) < 4.78 is 0. The van der Waals surface area contributed by atoms with Gasteiger partial charge in [-0.1, -0.05) is 54.2 Å². The highest BCUT2D eigenvalue weighted by Crippen LogP contribution is 2.38. The molecule has 1 heterocycles. The molecule has 0 aliphatic carbocycles. The lowest BCUT2D eigenvalue weighted by Gasteiger charge is -2.21. The SMILES string of the molecule is CC(c1ccc2c(c1)Sc1ccccc1C=C2)N(O)C(N)=O. The first-order chi connectivity index (χ1) is 10.6. The Hall–Kier alpha value is -2.24. The number of nitrogens with two attached hydrogens (primary N) is 1. The Morgan fingerprint density at radius 1 is 1.14 bits per heavy atom. The summed E-state index contributed by atoms with van der Waals surface area (Å²) in [5.74, 6) is 0. The zero-order valence-corrected chi connectivity index (χ0v) is 12.9. The lowest BCUT2D eigenvalue weighted by molar-refractivity contribution is -0.0710. The fourth-order valence-electron chi connectivity index (χ4n) is 2.38. The maximum atomic E-state index is 11.1. The number of nitrogens with zero attached hydrogens (tertiary/aromatic N) is 1. The van der Waals surface area contributed by atoms with Crippen LogP contribution >= 0.6 is 11.8 Å². The number of carbonyl (C=O) groups excluding carboxylic acids is 1. The number of hydrogen-bond acceptors (Lipinski definition) is 3. The van der Waals surface area contributed by atoms with Crippen LogP contribution in [0.4, 0.5) is 4.79 Å². The van der Waals surface area contributed by atoms with Gasteiger partial charge in [0.1, 0.15) is 0 Å². The van der Waals surface area contributed by atoms with Crippen molar-refractivity contribution in [1.29, 1.82) is 0 Å². The predicted octanol–water partition coefficient (Wildman–Crippen LogP) is 4.15. The van der Waals surface area contributed by atoms with Crippen LogP contribution in [0.2, 0.25) is 0 Å². The van der Waals surface area contributed by atoms with E-state index in [-0.39, 0.29) is 0 Å². The summed E-state index contributed by atoms with van der Waals surface area (Å²) in [6.07, 6.45) is 4.17. The molecule has 0 bridgehead atoms. The molecule has 2 aromatic carbocycles. The molecule has 1 atom stereocenters. The van der Waals surface area contributed by atoms with Crippen molar-refractivity contribution in [1.82, 2.24) is 5.06 Å². The summed E-state index contributed by atoms with van der Waals surface area (Å²) in [4.78, 5) is 13.4. The Morgan fingerprint density at radius 2 is 1.82 bits per heavy atom. The molecule has 0 spiro atoms. The van der Waals surface area contributed by atoms with Crippen molar-refractivity contribution in [3.63, 3.8) is 0 Å². The number of carbonyl (C=O) groups is 1. The van der Waals surface area contributed by atoms with E-state index in [0.29, 0.717) is 5.06 Å². The summed E-state index contributed by atoms with van der Waals surface area (Å²) in [6.45, 7) is 1.73. The van der Waals surface area contributed by atoms with Gasteiger partial charge in [0.2, 0.25) is 0 Å². The highest BCUT2D eigenvalue weighted by molar-refractivity contribution is 7.99. The Labute approximate surface area is 133 Å². The number of urea groups is 1. The summed E-state index contributed by atoms with van der Waals surface area (Å²) in [5.41, 5.74) is 8.25. The van der Waals surface area contributed by atoms with E-state index in [1.54, 1.807) is 18.7 Å². The molecule has 1 unspecified atom stereocenters. The number of amides is 2. The molecule has 2 amide bonds. The average molecular weight is 312 g/mol. The second-order valence-corrected chi connectivity index (χ2v) is 6.21. The lowest BCUT2D eigenvalue weighted by atomic mass is 10.0. The third-order valence-electron chi connectivity index (χ3n) is 3.69. The number of rotatable bonds is 2. The monoisotopic (exact) mass is 312 g/mol. The van der Waals surface area contributed by atoms with Crippen LogP contribution in [0.15, 0.2) is 52.3 Å². The van der Waals surface area contributed by atoms with Crippen LogP contribution in [-0.2, 0) is 0 Å². The van der Waals surface area contributed by atoms with Crippen LogP contribution in [0, 0.1) is 0 Å². The van der Waals surface area contributed by atoms with Crippen LogP contribution in [0.3, 0.4) is 0 Å². The van der Waals surface area contributed by atoms with E-state index in [9.17, 15) is 10.0 Å². The van der Waals surface area contributed by atoms with Crippen molar-refractivity contribution < 1.29 is 10.0 Å². The van der Waals surface area contributed by atoms with Crippen LogP contribution < -0.4 is 5.73 Å². The minimum Gasteiger partial charge on any atom is -0.350 e. The van der Waals surface area contributed by atoms with Gasteiger partial charge in [-0.2, -0.15) is 5.06 Å². The molecule has 0 fully saturated rings. The predicted molar refractivity (Wildman–Crippen MR) is 87.6 cm³/mol. The van der Waals surface area contributed by atoms with Gasteiger partial charge in [0.05, 0.1) is 6.04 Å². The van der Waals surface area contributed by atoms with Gasteiger partial charge in [0.15, 0.2) is 0 Å². The average Bonchev–Trinajstić information content (AvgIpc) is 2.71. The molecule has 0 radical (unpaired) electrons. The Kier molecular flexibility index (Phi) is 3.92. The second kappa shape index (κ2) is 5.87. The molecule has 0 saturated heterocycles. The Bertz CT molecular complexity index is 758. The second-order valence-electron chi connectivity index (χ2n) is 5.13. The van der Waals surface area contributed by atoms with Crippen LogP contribution in [0.5, 0.6) is 0 Å². The number of primary amides is 1. The largest absolute Gasteiger partial charge is 0.350 e. The van der Waals surface area contributed by atoms with Crippen molar-refractivity contribution in [2.75, 3.05) is 0 Å². The van der Waals surface area contributed by atoms with E-state index < -0.39 is 12.1 Å². The number of hydrogen-bond donors (Lipinski definition) is 2. The zero-order chi connectivity index (χ0) is 15.7. The third kappa shape index (κ3) is 2.73. The van der Waals surface area contributed by atoms with Crippen LogP contribution in [0.1, 0.15) is 29.7 Å².